The topological polar surface area (TPSA) is 46.9 Å². The number of carbonyl (C=O) groups excluding carboxylic acids is 1. The van der Waals surface area contributed by atoms with Crippen LogP contribution in [0.1, 0.15) is 31.7 Å². The summed E-state index contributed by atoms with van der Waals surface area (Å²) in [7, 11) is 0. The predicted molar refractivity (Wildman–Crippen MR) is 64.2 cm³/mol. The lowest BCUT2D eigenvalue weighted by Crippen LogP contribution is -2.28. The molecule has 0 spiro atoms. The molecule has 0 bridgehead atoms. The quantitative estimate of drug-likeness (QED) is 0.825. The van der Waals surface area contributed by atoms with Gasteiger partial charge in [0.05, 0.1) is 5.69 Å². The summed E-state index contributed by atoms with van der Waals surface area (Å²) in [4.78, 5) is 11.5. The Balaban J connectivity index is 2.34. The van der Waals surface area contributed by atoms with Gasteiger partial charge in [0, 0.05) is 25.2 Å². The van der Waals surface area contributed by atoms with Gasteiger partial charge in [-0.05, 0) is 25.8 Å². The molecule has 0 saturated heterocycles. The van der Waals surface area contributed by atoms with Crippen LogP contribution in [0.2, 0.25) is 0 Å². The Labute approximate surface area is 97.0 Å². The number of amides is 1. The van der Waals surface area contributed by atoms with Gasteiger partial charge >= 0.3 is 0 Å². The van der Waals surface area contributed by atoms with Crippen molar-refractivity contribution >= 4 is 5.91 Å². The zero-order valence-electron chi connectivity index (χ0n) is 10.6. The third-order valence-corrected chi connectivity index (χ3v) is 2.36. The van der Waals surface area contributed by atoms with Crippen LogP contribution in [0.4, 0.5) is 0 Å². The maximum Gasteiger partial charge on any atom is 0.221 e. The maximum atomic E-state index is 11.5. The van der Waals surface area contributed by atoms with E-state index in [-0.39, 0.29) is 5.91 Å². The second kappa shape index (κ2) is 5.68. The molecular weight excluding hydrogens is 202 g/mol. The fourth-order valence-electron chi connectivity index (χ4n) is 1.52. The first-order valence-electron chi connectivity index (χ1n) is 5.76. The van der Waals surface area contributed by atoms with Crippen molar-refractivity contribution in [1.82, 2.24) is 15.1 Å². The minimum absolute atomic E-state index is 0.0984. The van der Waals surface area contributed by atoms with Crippen molar-refractivity contribution < 1.29 is 4.79 Å². The molecule has 1 rings (SSSR count). The standard InChI is InChI=1S/C12H21N3O/c1-9(2)8-13-12(16)5-6-15-11(4)7-10(3)14-15/h7,9H,5-6,8H2,1-4H3,(H,13,16). The van der Waals surface area contributed by atoms with E-state index in [0.29, 0.717) is 18.9 Å². The number of rotatable bonds is 5. The molecule has 0 radical (unpaired) electrons. The summed E-state index contributed by atoms with van der Waals surface area (Å²) in [6.07, 6.45) is 0.495. The summed E-state index contributed by atoms with van der Waals surface area (Å²) < 4.78 is 1.88. The molecule has 1 aromatic heterocycles. The molecule has 0 unspecified atom stereocenters. The van der Waals surface area contributed by atoms with E-state index >= 15 is 0 Å². The molecule has 1 heterocycles. The third kappa shape index (κ3) is 4.04. The van der Waals surface area contributed by atoms with Gasteiger partial charge in [0.2, 0.25) is 5.91 Å². The van der Waals surface area contributed by atoms with E-state index in [4.69, 9.17) is 0 Å². The molecule has 0 aliphatic rings. The van der Waals surface area contributed by atoms with Crippen LogP contribution in [-0.4, -0.2) is 22.2 Å². The van der Waals surface area contributed by atoms with Gasteiger partial charge in [-0.1, -0.05) is 13.8 Å². The Morgan fingerprint density at radius 3 is 2.69 bits per heavy atom. The summed E-state index contributed by atoms with van der Waals surface area (Å²) >= 11 is 0. The van der Waals surface area contributed by atoms with Crippen molar-refractivity contribution in [3.63, 3.8) is 0 Å². The SMILES string of the molecule is Cc1cc(C)n(CCC(=O)NCC(C)C)n1. The Kier molecular flexibility index (Phi) is 4.52. The van der Waals surface area contributed by atoms with Crippen molar-refractivity contribution in [3.8, 4) is 0 Å². The van der Waals surface area contributed by atoms with E-state index in [1.54, 1.807) is 0 Å². The summed E-state index contributed by atoms with van der Waals surface area (Å²) in [6.45, 7) is 9.54. The molecule has 1 N–H and O–H groups in total. The van der Waals surface area contributed by atoms with E-state index in [0.717, 1.165) is 17.9 Å². The summed E-state index contributed by atoms with van der Waals surface area (Å²) in [5.74, 6) is 0.596. The van der Waals surface area contributed by atoms with E-state index in [9.17, 15) is 4.79 Å². The van der Waals surface area contributed by atoms with Crippen molar-refractivity contribution in [2.75, 3.05) is 6.54 Å². The highest BCUT2D eigenvalue weighted by molar-refractivity contribution is 5.75. The summed E-state index contributed by atoms with van der Waals surface area (Å²) in [6, 6.07) is 2.02. The molecule has 16 heavy (non-hydrogen) atoms. The van der Waals surface area contributed by atoms with E-state index in [2.05, 4.69) is 24.3 Å². The molecule has 90 valence electrons. The molecular formula is C12H21N3O. The van der Waals surface area contributed by atoms with Gasteiger partial charge < -0.3 is 5.32 Å². The number of carbonyl (C=O) groups is 1. The van der Waals surface area contributed by atoms with Crippen LogP contribution in [0, 0.1) is 19.8 Å². The second-order valence-electron chi connectivity index (χ2n) is 4.60. The first-order chi connectivity index (χ1) is 7.49. The van der Waals surface area contributed by atoms with Crippen LogP contribution in [-0.2, 0) is 11.3 Å². The van der Waals surface area contributed by atoms with Gasteiger partial charge in [0.25, 0.3) is 0 Å². The fraction of sp³-hybridized carbons (Fsp3) is 0.667. The Morgan fingerprint density at radius 1 is 1.50 bits per heavy atom. The van der Waals surface area contributed by atoms with Crippen molar-refractivity contribution in [2.24, 2.45) is 5.92 Å². The number of hydrogen-bond donors (Lipinski definition) is 1. The lowest BCUT2D eigenvalue weighted by atomic mass is 10.2. The number of nitrogens with zero attached hydrogens (tertiary/aromatic N) is 2. The highest BCUT2D eigenvalue weighted by atomic mass is 16.1. The van der Waals surface area contributed by atoms with Crippen molar-refractivity contribution in [1.29, 1.82) is 0 Å². The molecule has 0 aliphatic carbocycles. The zero-order valence-corrected chi connectivity index (χ0v) is 10.6. The van der Waals surface area contributed by atoms with Crippen LogP contribution in [0.15, 0.2) is 6.07 Å². The number of nitrogens with one attached hydrogen (secondary N) is 1. The van der Waals surface area contributed by atoms with Crippen LogP contribution >= 0.6 is 0 Å². The molecule has 0 fully saturated rings. The normalized spacial score (nSPS) is 10.8. The Hall–Kier alpha value is -1.32. The molecule has 0 saturated carbocycles. The largest absolute Gasteiger partial charge is 0.356 e. The van der Waals surface area contributed by atoms with Crippen LogP contribution in [0.25, 0.3) is 0 Å². The maximum absolute atomic E-state index is 11.5. The monoisotopic (exact) mass is 223 g/mol. The van der Waals surface area contributed by atoms with Crippen molar-refractivity contribution in [3.05, 3.63) is 17.5 Å². The molecule has 0 aliphatic heterocycles. The van der Waals surface area contributed by atoms with E-state index < -0.39 is 0 Å². The van der Waals surface area contributed by atoms with Crippen molar-refractivity contribution in [2.45, 2.75) is 40.7 Å². The summed E-state index contributed by atoms with van der Waals surface area (Å²) in [5, 5.41) is 7.21. The Bertz CT molecular complexity index is 355. The second-order valence-corrected chi connectivity index (χ2v) is 4.60. The smallest absolute Gasteiger partial charge is 0.221 e. The van der Waals surface area contributed by atoms with Gasteiger partial charge in [-0.3, -0.25) is 9.48 Å². The molecule has 4 nitrogen and oxygen atoms in total. The van der Waals surface area contributed by atoms with Crippen LogP contribution in [0.3, 0.4) is 0 Å². The first kappa shape index (κ1) is 12.7. The highest BCUT2D eigenvalue weighted by Gasteiger charge is 2.05. The summed E-state index contributed by atoms with van der Waals surface area (Å²) in [5.41, 5.74) is 2.11. The van der Waals surface area contributed by atoms with Gasteiger partial charge in [0.1, 0.15) is 0 Å². The zero-order chi connectivity index (χ0) is 12.1. The number of hydrogen-bond acceptors (Lipinski definition) is 2. The van der Waals surface area contributed by atoms with Gasteiger partial charge in [-0.2, -0.15) is 5.10 Å². The highest BCUT2D eigenvalue weighted by Crippen LogP contribution is 2.02. The lowest BCUT2D eigenvalue weighted by Gasteiger charge is -2.08. The van der Waals surface area contributed by atoms with E-state index in [1.165, 1.54) is 0 Å². The predicted octanol–water partition coefficient (Wildman–Crippen LogP) is 1.66. The van der Waals surface area contributed by atoms with Gasteiger partial charge in [-0.25, -0.2) is 0 Å². The lowest BCUT2D eigenvalue weighted by molar-refractivity contribution is -0.121. The molecule has 0 atom stereocenters. The molecule has 1 aromatic rings. The number of aryl methyl sites for hydroxylation is 3. The first-order valence-corrected chi connectivity index (χ1v) is 5.76. The molecule has 0 aromatic carbocycles. The average molecular weight is 223 g/mol. The van der Waals surface area contributed by atoms with Gasteiger partial charge in [-0.15, -0.1) is 0 Å². The van der Waals surface area contributed by atoms with E-state index in [1.807, 2.05) is 24.6 Å². The average Bonchev–Trinajstić information content (AvgIpc) is 2.51. The minimum Gasteiger partial charge on any atom is -0.356 e. The van der Waals surface area contributed by atoms with Gasteiger partial charge in [0.15, 0.2) is 0 Å². The van der Waals surface area contributed by atoms with Crippen LogP contribution in [0.5, 0.6) is 0 Å². The number of aromatic nitrogens is 2. The fourth-order valence-corrected chi connectivity index (χ4v) is 1.52. The molecule has 1 amide bonds. The minimum atomic E-state index is 0.0984. The third-order valence-electron chi connectivity index (χ3n) is 2.36. The Morgan fingerprint density at radius 2 is 2.19 bits per heavy atom. The molecule has 4 heteroatoms. The van der Waals surface area contributed by atoms with Crippen LogP contribution < -0.4 is 5.32 Å².